The first-order valence-electron chi connectivity index (χ1n) is 8.05. The number of benzene rings is 3. The number of para-hydroxylation sites is 1. The standard InChI is InChI=1S/C22H12N2O.Y/c25-22-18-12-6-7-13-20(18)23-21-17-11-5-4-10-16(17)19(14-24(21)22)15-8-2-1-3-9-15;/h1-8,10-13H;/q-2;. The summed E-state index contributed by atoms with van der Waals surface area (Å²) in [7, 11) is 0. The van der Waals surface area contributed by atoms with Crippen molar-refractivity contribution in [1.29, 1.82) is 0 Å². The van der Waals surface area contributed by atoms with E-state index in [1.807, 2.05) is 66.7 Å². The third-order valence-electron chi connectivity index (χ3n) is 4.42. The van der Waals surface area contributed by atoms with Gasteiger partial charge in [0.05, 0.1) is 11.2 Å². The maximum Gasteiger partial charge on any atom is 0.197 e. The van der Waals surface area contributed by atoms with Crippen LogP contribution in [-0.4, -0.2) is 9.38 Å². The summed E-state index contributed by atoms with van der Waals surface area (Å²) in [5.74, 6) is 0. The Labute approximate surface area is 175 Å². The van der Waals surface area contributed by atoms with Crippen molar-refractivity contribution >= 4 is 27.3 Å². The Bertz CT molecular complexity index is 1310. The van der Waals surface area contributed by atoms with Crippen molar-refractivity contribution in [3.63, 3.8) is 0 Å². The second kappa shape index (κ2) is 6.75. The molecule has 1 radical (unpaired) electrons. The van der Waals surface area contributed by atoms with E-state index >= 15 is 0 Å². The van der Waals surface area contributed by atoms with Gasteiger partial charge < -0.3 is 9.20 Å². The molecule has 0 atom stereocenters. The van der Waals surface area contributed by atoms with E-state index in [9.17, 15) is 4.79 Å². The molecule has 5 rings (SSSR count). The number of aromatic nitrogens is 2. The van der Waals surface area contributed by atoms with Gasteiger partial charge in [-0.15, -0.1) is 11.5 Å². The van der Waals surface area contributed by atoms with Crippen molar-refractivity contribution in [3.8, 4) is 11.1 Å². The minimum absolute atomic E-state index is 0. The van der Waals surface area contributed by atoms with Crippen LogP contribution in [0.5, 0.6) is 0 Å². The summed E-state index contributed by atoms with van der Waals surface area (Å²) in [4.78, 5) is 17.7. The number of rotatable bonds is 1. The molecule has 0 saturated carbocycles. The SMILES string of the molecule is O=c1c2ccccc2nc2c3ccccc3c(-c3[c-]cccc3)[c-]n12.[Y]. The topological polar surface area (TPSA) is 34.4 Å². The van der Waals surface area contributed by atoms with Crippen molar-refractivity contribution in [2.24, 2.45) is 0 Å². The van der Waals surface area contributed by atoms with Gasteiger partial charge in [0.15, 0.2) is 5.56 Å². The van der Waals surface area contributed by atoms with Gasteiger partial charge in [0, 0.05) is 38.1 Å². The molecule has 0 aliphatic carbocycles. The second-order valence-electron chi connectivity index (χ2n) is 5.90. The van der Waals surface area contributed by atoms with Gasteiger partial charge in [0.1, 0.15) is 0 Å². The number of hydrogen-bond donors (Lipinski definition) is 0. The molecule has 0 aliphatic rings. The van der Waals surface area contributed by atoms with E-state index in [-0.39, 0.29) is 38.3 Å². The summed E-state index contributed by atoms with van der Waals surface area (Å²) in [5.41, 5.74) is 2.97. The fourth-order valence-corrected chi connectivity index (χ4v) is 3.24. The predicted molar refractivity (Wildman–Crippen MR) is 99.6 cm³/mol. The van der Waals surface area contributed by atoms with Gasteiger partial charge >= 0.3 is 0 Å². The molecule has 4 heteroatoms. The molecule has 5 aromatic rings. The van der Waals surface area contributed by atoms with E-state index in [1.165, 1.54) is 4.40 Å². The smallest absolute Gasteiger partial charge is 0.197 e. The first kappa shape index (κ1) is 17.1. The third-order valence-corrected chi connectivity index (χ3v) is 4.42. The van der Waals surface area contributed by atoms with Gasteiger partial charge in [0.25, 0.3) is 0 Å². The fraction of sp³-hybridized carbons (Fsp3) is 0. The Balaban J connectivity index is 0.00000168. The first-order chi connectivity index (χ1) is 12.3. The zero-order valence-electron chi connectivity index (χ0n) is 13.8. The van der Waals surface area contributed by atoms with Crippen LogP contribution < -0.4 is 5.56 Å². The van der Waals surface area contributed by atoms with Gasteiger partial charge in [-0.25, -0.2) is 5.56 Å². The van der Waals surface area contributed by atoms with Gasteiger partial charge in [-0.3, -0.25) is 4.98 Å². The quantitative estimate of drug-likeness (QED) is 0.236. The molecule has 0 amide bonds. The van der Waals surface area contributed by atoms with Crippen LogP contribution in [0.1, 0.15) is 0 Å². The normalized spacial score (nSPS) is 10.9. The minimum Gasteiger partial charge on any atom is -0.372 e. The minimum atomic E-state index is -0.108. The monoisotopic (exact) mass is 409 g/mol. The molecule has 0 bridgehead atoms. The summed E-state index contributed by atoms with van der Waals surface area (Å²) in [6.07, 6.45) is 3.26. The van der Waals surface area contributed by atoms with Crippen LogP contribution in [0.15, 0.2) is 77.6 Å². The average molecular weight is 409 g/mol. The van der Waals surface area contributed by atoms with Crippen LogP contribution in [0, 0.1) is 12.3 Å². The Morgan fingerprint density at radius 3 is 2.27 bits per heavy atom. The molecule has 3 nitrogen and oxygen atoms in total. The van der Waals surface area contributed by atoms with Gasteiger partial charge in [-0.05, 0) is 6.07 Å². The molecule has 0 unspecified atom stereocenters. The molecule has 3 aromatic carbocycles. The summed E-state index contributed by atoms with van der Waals surface area (Å²) >= 11 is 0. The predicted octanol–water partition coefficient (Wildman–Crippen LogP) is 4.27. The van der Waals surface area contributed by atoms with Crippen LogP contribution in [-0.2, 0) is 32.7 Å². The van der Waals surface area contributed by atoms with Crippen LogP contribution in [0.4, 0.5) is 0 Å². The summed E-state index contributed by atoms with van der Waals surface area (Å²) < 4.78 is 1.53. The van der Waals surface area contributed by atoms with Crippen molar-refractivity contribution in [1.82, 2.24) is 9.38 Å². The molecular weight excluding hydrogens is 397 g/mol. The van der Waals surface area contributed by atoms with Crippen molar-refractivity contribution in [3.05, 3.63) is 95.4 Å². The van der Waals surface area contributed by atoms with Crippen LogP contribution in [0.3, 0.4) is 0 Å². The van der Waals surface area contributed by atoms with Gasteiger partial charge in [-0.1, -0.05) is 54.0 Å². The fourth-order valence-electron chi connectivity index (χ4n) is 3.24. The van der Waals surface area contributed by atoms with E-state index in [4.69, 9.17) is 4.98 Å². The Morgan fingerprint density at radius 2 is 1.50 bits per heavy atom. The molecule has 2 aromatic heterocycles. The van der Waals surface area contributed by atoms with E-state index in [2.05, 4.69) is 12.3 Å². The number of pyridine rings is 1. The van der Waals surface area contributed by atoms with Gasteiger partial charge in [-0.2, -0.15) is 29.8 Å². The molecule has 0 spiro atoms. The molecule has 0 saturated heterocycles. The zero-order valence-corrected chi connectivity index (χ0v) is 16.6. The first-order valence-corrected chi connectivity index (χ1v) is 8.05. The summed E-state index contributed by atoms with van der Waals surface area (Å²) in [6.45, 7) is 0. The van der Waals surface area contributed by atoms with Crippen LogP contribution in [0.25, 0.3) is 38.4 Å². The van der Waals surface area contributed by atoms with E-state index < -0.39 is 0 Å². The molecule has 26 heavy (non-hydrogen) atoms. The largest absolute Gasteiger partial charge is 0.372 e. The molecule has 121 valence electrons. The second-order valence-corrected chi connectivity index (χ2v) is 5.90. The molecular formula is C22H12N2OY-2. The Morgan fingerprint density at radius 1 is 0.808 bits per heavy atom. The Hall–Kier alpha value is -2.36. The van der Waals surface area contributed by atoms with Crippen molar-refractivity contribution in [2.75, 3.05) is 0 Å². The zero-order chi connectivity index (χ0) is 16.8. The summed E-state index contributed by atoms with van der Waals surface area (Å²) in [6, 6.07) is 26.3. The molecule has 0 aliphatic heterocycles. The maximum absolute atomic E-state index is 13.0. The van der Waals surface area contributed by atoms with Crippen LogP contribution >= 0.6 is 0 Å². The van der Waals surface area contributed by atoms with E-state index in [0.717, 1.165) is 21.9 Å². The number of nitrogens with zero attached hydrogens (tertiary/aromatic N) is 2. The van der Waals surface area contributed by atoms with Gasteiger partial charge in [0.2, 0.25) is 0 Å². The summed E-state index contributed by atoms with van der Waals surface area (Å²) in [5, 5.41) is 2.53. The Kier molecular flexibility index (Phi) is 4.43. The maximum atomic E-state index is 13.0. The number of fused-ring (bicyclic) bond motifs is 4. The van der Waals surface area contributed by atoms with Crippen molar-refractivity contribution < 1.29 is 32.7 Å². The molecule has 0 N–H and O–H groups in total. The third kappa shape index (κ3) is 2.59. The number of hydrogen-bond acceptors (Lipinski definition) is 2. The molecule has 2 heterocycles. The van der Waals surface area contributed by atoms with E-state index in [1.54, 1.807) is 6.07 Å². The van der Waals surface area contributed by atoms with E-state index in [0.29, 0.717) is 16.6 Å². The van der Waals surface area contributed by atoms with Crippen molar-refractivity contribution in [2.45, 2.75) is 0 Å². The van der Waals surface area contributed by atoms with Crippen LogP contribution in [0.2, 0.25) is 0 Å². The molecule has 0 fully saturated rings. The average Bonchev–Trinajstić information content (AvgIpc) is 2.68.